The van der Waals surface area contributed by atoms with Crippen molar-refractivity contribution < 1.29 is 26.7 Å². The van der Waals surface area contributed by atoms with Gasteiger partial charge in [0.2, 0.25) is 0 Å². The Morgan fingerprint density at radius 1 is 0.939 bits per heavy atom. The van der Waals surface area contributed by atoms with E-state index < -0.39 is 35.3 Å². The largest absolute Gasteiger partial charge is 0.418 e. The summed E-state index contributed by atoms with van der Waals surface area (Å²) in [6.45, 7) is 1.72. The molecule has 3 N–H and O–H groups in total. The monoisotopic (exact) mass is 479 g/mol. The smallest absolute Gasteiger partial charge is 0.356 e. The molecule has 0 spiro atoms. The number of hydrogen-bond acceptors (Lipinski definition) is 2. The molecule has 172 valence electrons. The van der Waals surface area contributed by atoms with Gasteiger partial charge in [-0.25, -0.2) is 8.78 Å². The average Bonchev–Trinajstić information content (AvgIpc) is 2.74. The molecule has 10 heteroatoms. The molecule has 1 amide bonds. The lowest BCUT2D eigenvalue weighted by atomic mass is 10.1. The lowest BCUT2D eigenvalue weighted by molar-refractivity contribution is -0.136. The number of alkyl halides is 3. The van der Waals surface area contributed by atoms with Gasteiger partial charge in [-0.3, -0.25) is 4.79 Å². The first-order valence-corrected chi connectivity index (χ1v) is 10.1. The molecule has 1 unspecified atom stereocenters. The number of benzene rings is 3. The minimum absolute atomic E-state index is 0.0829. The first kappa shape index (κ1) is 24.1. The van der Waals surface area contributed by atoms with Crippen molar-refractivity contribution in [2.45, 2.75) is 19.1 Å². The molecule has 0 radical (unpaired) electrons. The van der Waals surface area contributed by atoms with Crippen LogP contribution in [0.5, 0.6) is 0 Å². The number of carbonyl (C=O) groups excluding carboxylic acids is 1. The molecule has 0 heterocycles. The zero-order valence-corrected chi connectivity index (χ0v) is 18.0. The van der Waals surface area contributed by atoms with Crippen molar-refractivity contribution in [2.75, 3.05) is 10.6 Å². The first-order valence-electron chi connectivity index (χ1n) is 9.64. The third-order valence-corrected chi connectivity index (χ3v) is 4.89. The molecule has 3 rings (SSSR count). The summed E-state index contributed by atoms with van der Waals surface area (Å²) in [6, 6.07) is 13.4. The number of amides is 1. The zero-order valence-electron chi connectivity index (χ0n) is 17.1. The van der Waals surface area contributed by atoms with E-state index in [-0.39, 0.29) is 22.1 Å². The van der Waals surface area contributed by atoms with Crippen molar-refractivity contribution in [1.29, 1.82) is 0 Å². The topological polar surface area (TPSA) is 53.2 Å². The summed E-state index contributed by atoms with van der Waals surface area (Å²) < 4.78 is 67.8. The van der Waals surface area contributed by atoms with E-state index in [0.29, 0.717) is 5.56 Å². The minimum atomic E-state index is -4.76. The molecule has 0 saturated carbocycles. The predicted octanol–water partition coefficient (Wildman–Crippen LogP) is 6.28. The number of anilines is 2. The number of rotatable bonds is 5. The Morgan fingerprint density at radius 3 is 2.24 bits per heavy atom. The van der Waals surface area contributed by atoms with E-state index in [1.165, 1.54) is 48.5 Å². The fourth-order valence-electron chi connectivity index (χ4n) is 3.00. The average molecular weight is 479 g/mol. The van der Waals surface area contributed by atoms with E-state index in [1.807, 2.05) is 0 Å². The van der Waals surface area contributed by atoms with Crippen LogP contribution in [0.2, 0.25) is 0 Å². The van der Waals surface area contributed by atoms with Gasteiger partial charge in [0.05, 0.1) is 22.9 Å². The first-order chi connectivity index (χ1) is 15.5. The van der Waals surface area contributed by atoms with Gasteiger partial charge in [0.25, 0.3) is 5.91 Å². The molecule has 33 heavy (non-hydrogen) atoms. The lowest BCUT2D eigenvalue weighted by Gasteiger charge is -2.20. The number of thiocarbonyl (C=S) groups is 1. The second-order valence-electron chi connectivity index (χ2n) is 7.06. The predicted molar refractivity (Wildman–Crippen MR) is 120 cm³/mol. The van der Waals surface area contributed by atoms with Crippen LogP contribution in [0, 0.1) is 11.6 Å². The Labute approximate surface area is 191 Å². The highest BCUT2D eigenvalue weighted by atomic mass is 32.1. The second-order valence-corrected chi connectivity index (χ2v) is 7.47. The van der Waals surface area contributed by atoms with Crippen LogP contribution in [-0.4, -0.2) is 11.0 Å². The normalized spacial score (nSPS) is 12.1. The maximum Gasteiger partial charge on any atom is 0.418 e. The van der Waals surface area contributed by atoms with Gasteiger partial charge in [0, 0.05) is 5.69 Å². The van der Waals surface area contributed by atoms with Crippen LogP contribution in [0.25, 0.3) is 0 Å². The minimum Gasteiger partial charge on any atom is -0.356 e. The van der Waals surface area contributed by atoms with Crippen LogP contribution in [0.1, 0.15) is 34.5 Å². The van der Waals surface area contributed by atoms with E-state index in [9.17, 15) is 26.7 Å². The highest BCUT2D eigenvalue weighted by Crippen LogP contribution is 2.36. The summed E-state index contributed by atoms with van der Waals surface area (Å²) in [6.07, 6.45) is -4.76. The highest BCUT2D eigenvalue weighted by molar-refractivity contribution is 7.80. The van der Waals surface area contributed by atoms with Gasteiger partial charge >= 0.3 is 6.18 Å². The molecular formula is C23H18F5N3OS. The van der Waals surface area contributed by atoms with Gasteiger partial charge in [-0.1, -0.05) is 24.3 Å². The Balaban J connectivity index is 1.76. The van der Waals surface area contributed by atoms with Crippen LogP contribution in [0.3, 0.4) is 0 Å². The standard InChI is InChI=1S/C23H18F5N3OS/c1-13(14-6-8-15(24)9-7-14)29-22(33)31-20-11-10-16(12-18(20)23(26,27)28)30-21(32)17-4-2-3-5-19(17)25/h2-13H,1H3,(H,30,32)(H2,29,31,33). The zero-order chi connectivity index (χ0) is 24.2. The molecule has 3 aromatic carbocycles. The van der Waals surface area contributed by atoms with Gasteiger partial charge in [-0.05, 0) is 67.2 Å². The Kier molecular flexibility index (Phi) is 7.27. The Morgan fingerprint density at radius 2 is 1.61 bits per heavy atom. The lowest BCUT2D eigenvalue weighted by Crippen LogP contribution is -2.31. The molecule has 0 aliphatic carbocycles. The molecule has 3 aromatic rings. The summed E-state index contributed by atoms with van der Waals surface area (Å²) in [5.74, 6) is -2.09. The molecule has 0 fully saturated rings. The Hall–Kier alpha value is -3.53. The second kappa shape index (κ2) is 9.95. The molecule has 0 aliphatic heterocycles. The van der Waals surface area contributed by atoms with Gasteiger partial charge in [-0.15, -0.1) is 0 Å². The number of halogens is 5. The van der Waals surface area contributed by atoms with Gasteiger partial charge in [0.1, 0.15) is 11.6 Å². The van der Waals surface area contributed by atoms with E-state index in [0.717, 1.165) is 18.2 Å². The summed E-state index contributed by atoms with van der Waals surface area (Å²) in [4.78, 5) is 12.2. The summed E-state index contributed by atoms with van der Waals surface area (Å²) in [5.41, 5.74) is -1.20. The van der Waals surface area contributed by atoms with E-state index in [4.69, 9.17) is 12.2 Å². The van der Waals surface area contributed by atoms with Crippen molar-refractivity contribution in [2.24, 2.45) is 0 Å². The molecular weight excluding hydrogens is 461 g/mol. The Bertz CT molecular complexity index is 1170. The van der Waals surface area contributed by atoms with Gasteiger partial charge in [0.15, 0.2) is 5.11 Å². The molecule has 0 aliphatic rings. The fraction of sp³-hybridized carbons (Fsp3) is 0.130. The van der Waals surface area contributed by atoms with Crippen molar-refractivity contribution in [3.05, 3.63) is 95.1 Å². The maximum absolute atomic E-state index is 13.8. The maximum atomic E-state index is 13.8. The van der Waals surface area contributed by atoms with Crippen molar-refractivity contribution in [3.8, 4) is 0 Å². The molecule has 1 atom stereocenters. The molecule has 4 nitrogen and oxygen atoms in total. The van der Waals surface area contributed by atoms with E-state index in [2.05, 4.69) is 16.0 Å². The van der Waals surface area contributed by atoms with Crippen LogP contribution in [0.4, 0.5) is 33.3 Å². The number of nitrogens with one attached hydrogen (secondary N) is 3. The number of carbonyl (C=O) groups is 1. The van der Waals surface area contributed by atoms with E-state index >= 15 is 0 Å². The molecule has 0 aromatic heterocycles. The van der Waals surface area contributed by atoms with Crippen molar-refractivity contribution >= 4 is 34.6 Å². The summed E-state index contributed by atoms with van der Waals surface area (Å²) in [7, 11) is 0. The summed E-state index contributed by atoms with van der Waals surface area (Å²) >= 11 is 5.13. The molecule has 0 saturated heterocycles. The van der Waals surface area contributed by atoms with Crippen molar-refractivity contribution in [1.82, 2.24) is 5.32 Å². The summed E-state index contributed by atoms with van der Waals surface area (Å²) in [5, 5.41) is 7.52. The van der Waals surface area contributed by atoms with Crippen LogP contribution in [0.15, 0.2) is 66.7 Å². The van der Waals surface area contributed by atoms with Crippen LogP contribution < -0.4 is 16.0 Å². The van der Waals surface area contributed by atoms with Gasteiger partial charge < -0.3 is 16.0 Å². The number of hydrogen-bond donors (Lipinski definition) is 3. The fourth-order valence-corrected chi connectivity index (χ4v) is 3.29. The quantitative estimate of drug-likeness (QED) is 0.298. The van der Waals surface area contributed by atoms with Gasteiger partial charge in [-0.2, -0.15) is 13.2 Å². The third-order valence-electron chi connectivity index (χ3n) is 4.67. The van der Waals surface area contributed by atoms with E-state index in [1.54, 1.807) is 6.92 Å². The third kappa shape index (κ3) is 6.26. The SMILES string of the molecule is CC(NC(=S)Nc1ccc(NC(=O)c2ccccc2F)cc1C(F)(F)F)c1ccc(F)cc1. The van der Waals surface area contributed by atoms with Crippen LogP contribution in [-0.2, 0) is 6.18 Å². The molecule has 0 bridgehead atoms. The highest BCUT2D eigenvalue weighted by Gasteiger charge is 2.34. The van der Waals surface area contributed by atoms with Crippen LogP contribution >= 0.6 is 12.2 Å². The van der Waals surface area contributed by atoms with Crippen molar-refractivity contribution in [3.63, 3.8) is 0 Å².